The van der Waals surface area contributed by atoms with E-state index in [9.17, 15) is 20.2 Å². The number of hydrogen-bond donors (Lipinski definition) is 0. The molecule has 0 atom stereocenters. The molecule has 2 aromatic carbocycles. The largest absolute Gasteiger partial charge is 0.490 e. The molecule has 0 bridgehead atoms. The Morgan fingerprint density at radius 2 is 1.14 bits per heavy atom. The van der Waals surface area contributed by atoms with E-state index in [1.807, 2.05) is 0 Å². The van der Waals surface area contributed by atoms with Crippen molar-refractivity contribution in [1.82, 2.24) is 0 Å². The van der Waals surface area contributed by atoms with E-state index in [1.165, 1.54) is 50.6 Å². The molecular weight excluding hydrogens is 292 g/mol. The van der Waals surface area contributed by atoms with Gasteiger partial charge in [-0.1, -0.05) is 12.1 Å². The van der Waals surface area contributed by atoms with Crippen LogP contribution in [0.25, 0.3) is 11.1 Å². The van der Waals surface area contributed by atoms with E-state index < -0.39 is 9.85 Å². The van der Waals surface area contributed by atoms with Crippen molar-refractivity contribution in [3.8, 4) is 22.6 Å². The van der Waals surface area contributed by atoms with Gasteiger partial charge in [-0.25, -0.2) is 0 Å². The maximum Gasteiger partial charge on any atom is 0.318 e. The summed E-state index contributed by atoms with van der Waals surface area (Å²) in [5.41, 5.74) is -0.479. The summed E-state index contributed by atoms with van der Waals surface area (Å²) in [6.07, 6.45) is 0. The van der Waals surface area contributed by atoms with Gasteiger partial charge in [0.2, 0.25) is 0 Å². The van der Waals surface area contributed by atoms with Crippen LogP contribution in [0, 0.1) is 20.2 Å². The summed E-state index contributed by atoms with van der Waals surface area (Å²) in [6, 6.07) is 8.78. The van der Waals surface area contributed by atoms with Crippen LogP contribution in [0.3, 0.4) is 0 Å². The number of nitro benzene ring substituents is 2. The molecule has 0 saturated heterocycles. The van der Waals surface area contributed by atoms with Gasteiger partial charge in [0.25, 0.3) is 0 Å². The van der Waals surface area contributed by atoms with Crippen LogP contribution in [-0.2, 0) is 0 Å². The maximum absolute atomic E-state index is 11.3. The second-order valence-electron chi connectivity index (χ2n) is 4.23. The number of methoxy groups -OCH3 is 2. The van der Waals surface area contributed by atoms with Gasteiger partial charge in [-0.05, 0) is 24.3 Å². The molecule has 114 valence electrons. The first-order chi connectivity index (χ1) is 10.5. The molecule has 2 rings (SSSR count). The first kappa shape index (κ1) is 15.2. The van der Waals surface area contributed by atoms with E-state index in [0.29, 0.717) is 0 Å². The van der Waals surface area contributed by atoms with E-state index in [1.54, 1.807) is 0 Å². The van der Waals surface area contributed by atoms with Crippen LogP contribution in [-0.4, -0.2) is 24.1 Å². The number of nitro groups is 2. The Balaban J connectivity index is 2.83. The predicted molar refractivity (Wildman–Crippen MR) is 78.3 cm³/mol. The molecule has 8 nitrogen and oxygen atoms in total. The molecule has 0 radical (unpaired) electrons. The van der Waals surface area contributed by atoms with Crippen molar-refractivity contribution in [3.05, 3.63) is 56.6 Å². The Morgan fingerprint density at radius 1 is 0.773 bits per heavy atom. The minimum atomic E-state index is -0.628. The summed E-state index contributed by atoms with van der Waals surface area (Å²) in [6.45, 7) is 0. The highest BCUT2D eigenvalue weighted by Gasteiger charge is 2.29. The molecule has 0 N–H and O–H groups in total. The molecule has 0 spiro atoms. The van der Waals surface area contributed by atoms with Gasteiger partial charge in [0, 0.05) is 0 Å². The van der Waals surface area contributed by atoms with E-state index in [-0.39, 0.29) is 34.0 Å². The summed E-state index contributed by atoms with van der Waals surface area (Å²) in [4.78, 5) is 21.4. The van der Waals surface area contributed by atoms with Gasteiger partial charge in [0.1, 0.15) is 0 Å². The van der Waals surface area contributed by atoms with Gasteiger partial charge in [-0.2, -0.15) is 0 Å². The van der Waals surface area contributed by atoms with Crippen molar-refractivity contribution in [1.29, 1.82) is 0 Å². The van der Waals surface area contributed by atoms with Crippen molar-refractivity contribution < 1.29 is 19.3 Å². The zero-order valence-corrected chi connectivity index (χ0v) is 11.8. The summed E-state index contributed by atoms with van der Waals surface area (Å²) in [7, 11) is 2.60. The number of nitrogens with zero attached hydrogens (tertiary/aromatic N) is 2. The quantitative estimate of drug-likeness (QED) is 0.620. The third-order valence-electron chi connectivity index (χ3n) is 3.09. The van der Waals surface area contributed by atoms with Crippen molar-refractivity contribution in [2.45, 2.75) is 0 Å². The summed E-state index contributed by atoms with van der Waals surface area (Å²) < 4.78 is 9.97. The van der Waals surface area contributed by atoms with E-state index in [0.717, 1.165) is 0 Å². The van der Waals surface area contributed by atoms with Gasteiger partial charge < -0.3 is 9.47 Å². The Labute approximate surface area is 125 Å². The Bertz CT molecular complexity index is 681. The highest BCUT2D eigenvalue weighted by atomic mass is 16.6. The molecule has 0 unspecified atom stereocenters. The summed E-state index contributed by atoms with van der Waals surface area (Å²) in [5.74, 6) is 0.0548. The molecule has 0 heterocycles. The highest BCUT2D eigenvalue weighted by molar-refractivity contribution is 5.85. The Hall–Kier alpha value is -3.16. The SMILES string of the molecule is COc1cccc(-c2cccc(OC)c2[N+](=O)[O-])c1[N+](=O)[O-]. The van der Waals surface area contributed by atoms with Gasteiger partial charge in [0.05, 0.1) is 35.2 Å². The number of ether oxygens (including phenoxy) is 2. The standard InChI is InChI=1S/C14H12N2O6/c1-21-11-7-3-5-9(13(11)15(17)18)10-6-4-8-12(22-2)14(10)16(19)20/h3-8H,1-2H3. The fourth-order valence-corrected chi connectivity index (χ4v) is 2.19. The molecule has 0 aliphatic heterocycles. The average Bonchev–Trinajstić information content (AvgIpc) is 2.52. The van der Waals surface area contributed by atoms with E-state index in [2.05, 4.69) is 0 Å². The van der Waals surface area contributed by atoms with E-state index in [4.69, 9.17) is 9.47 Å². The topological polar surface area (TPSA) is 105 Å². The lowest BCUT2D eigenvalue weighted by molar-refractivity contribution is -0.387. The molecular formula is C14H12N2O6. The molecule has 0 amide bonds. The first-order valence-corrected chi connectivity index (χ1v) is 6.14. The fraction of sp³-hybridized carbons (Fsp3) is 0.143. The third kappa shape index (κ3) is 2.53. The van der Waals surface area contributed by atoms with Crippen LogP contribution in [0.1, 0.15) is 0 Å². The predicted octanol–water partition coefficient (Wildman–Crippen LogP) is 3.19. The second-order valence-corrected chi connectivity index (χ2v) is 4.23. The number of hydrogen-bond acceptors (Lipinski definition) is 6. The van der Waals surface area contributed by atoms with Crippen molar-refractivity contribution >= 4 is 11.4 Å². The van der Waals surface area contributed by atoms with Gasteiger partial charge in [0.15, 0.2) is 11.5 Å². The molecule has 0 fully saturated rings. The number of para-hydroxylation sites is 2. The smallest absolute Gasteiger partial charge is 0.318 e. The minimum absolute atomic E-state index is 0.0274. The Morgan fingerprint density at radius 3 is 1.41 bits per heavy atom. The van der Waals surface area contributed by atoms with Crippen molar-refractivity contribution in [2.75, 3.05) is 14.2 Å². The third-order valence-corrected chi connectivity index (χ3v) is 3.09. The zero-order valence-electron chi connectivity index (χ0n) is 11.8. The van der Waals surface area contributed by atoms with Crippen LogP contribution in [0.15, 0.2) is 36.4 Å². The normalized spacial score (nSPS) is 10.1. The lowest BCUT2D eigenvalue weighted by Gasteiger charge is -2.09. The molecule has 8 heteroatoms. The van der Waals surface area contributed by atoms with E-state index >= 15 is 0 Å². The lowest BCUT2D eigenvalue weighted by atomic mass is 10.0. The van der Waals surface area contributed by atoms with Crippen LogP contribution >= 0.6 is 0 Å². The molecule has 0 aliphatic carbocycles. The summed E-state index contributed by atoms with van der Waals surface area (Å²) in [5, 5.41) is 22.7. The number of benzene rings is 2. The van der Waals surface area contributed by atoms with Crippen LogP contribution < -0.4 is 9.47 Å². The van der Waals surface area contributed by atoms with Gasteiger partial charge >= 0.3 is 11.4 Å². The summed E-state index contributed by atoms with van der Waals surface area (Å²) >= 11 is 0. The lowest BCUT2D eigenvalue weighted by Crippen LogP contribution is -2.00. The van der Waals surface area contributed by atoms with Crippen molar-refractivity contribution in [3.63, 3.8) is 0 Å². The van der Waals surface area contributed by atoms with Crippen LogP contribution in [0.4, 0.5) is 11.4 Å². The Kier molecular flexibility index (Phi) is 4.21. The fourth-order valence-electron chi connectivity index (χ4n) is 2.19. The zero-order chi connectivity index (χ0) is 16.3. The average molecular weight is 304 g/mol. The van der Waals surface area contributed by atoms with Gasteiger partial charge in [-0.3, -0.25) is 20.2 Å². The van der Waals surface area contributed by atoms with Gasteiger partial charge in [-0.15, -0.1) is 0 Å². The monoisotopic (exact) mass is 304 g/mol. The number of rotatable bonds is 5. The highest BCUT2D eigenvalue weighted by Crippen LogP contribution is 2.44. The van der Waals surface area contributed by atoms with Crippen LogP contribution in [0.2, 0.25) is 0 Å². The van der Waals surface area contributed by atoms with Crippen molar-refractivity contribution in [2.24, 2.45) is 0 Å². The molecule has 22 heavy (non-hydrogen) atoms. The minimum Gasteiger partial charge on any atom is -0.490 e. The molecule has 0 aliphatic rings. The molecule has 0 aromatic heterocycles. The molecule has 0 saturated carbocycles. The molecule has 2 aromatic rings. The first-order valence-electron chi connectivity index (χ1n) is 6.14. The van der Waals surface area contributed by atoms with Crippen LogP contribution in [0.5, 0.6) is 11.5 Å². The maximum atomic E-state index is 11.3. The second kappa shape index (κ2) is 6.08.